The van der Waals surface area contributed by atoms with Crippen molar-refractivity contribution < 1.29 is 33.8 Å². The highest BCUT2D eigenvalue weighted by Gasteiger charge is 2.35. The van der Waals surface area contributed by atoms with Crippen molar-refractivity contribution in [1.29, 1.82) is 0 Å². The summed E-state index contributed by atoms with van der Waals surface area (Å²) in [7, 11) is 0. The fourth-order valence-electron chi connectivity index (χ4n) is 4.87. The molecule has 5 rings (SSSR count). The van der Waals surface area contributed by atoms with Crippen molar-refractivity contribution in [3.8, 4) is 17.2 Å². The van der Waals surface area contributed by atoms with Crippen LogP contribution in [0, 0.1) is 6.92 Å². The molecule has 0 atom stereocenters. The molecule has 10 heteroatoms. The number of ketones is 2. The number of amides is 2. The summed E-state index contributed by atoms with van der Waals surface area (Å²) in [6.07, 6.45) is 0. The van der Waals surface area contributed by atoms with Gasteiger partial charge >= 0.3 is 0 Å². The van der Waals surface area contributed by atoms with E-state index in [1.165, 1.54) is 12.1 Å². The lowest BCUT2D eigenvalue weighted by Crippen LogP contribution is -2.41. The van der Waals surface area contributed by atoms with E-state index in [-0.39, 0.29) is 71.6 Å². The maximum atomic E-state index is 13.6. The van der Waals surface area contributed by atoms with Gasteiger partial charge in [-0.05, 0) is 25.1 Å². The zero-order valence-electron chi connectivity index (χ0n) is 22.0. The van der Waals surface area contributed by atoms with E-state index in [1.807, 2.05) is 24.0 Å². The Kier molecular flexibility index (Phi) is 7.79. The topological polar surface area (TPSA) is 134 Å². The number of carbonyl (C=O) groups excluding carboxylic acids is 4. The van der Waals surface area contributed by atoms with E-state index in [0.717, 1.165) is 11.1 Å². The van der Waals surface area contributed by atoms with E-state index in [9.17, 15) is 24.3 Å². The Labute approximate surface area is 230 Å². The van der Waals surface area contributed by atoms with E-state index in [4.69, 9.17) is 9.47 Å². The first-order valence-corrected chi connectivity index (χ1v) is 13.0. The Hall–Kier alpha value is -4.70. The van der Waals surface area contributed by atoms with Crippen LogP contribution in [0.25, 0.3) is 0 Å². The van der Waals surface area contributed by atoms with Gasteiger partial charge in [-0.3, -0.25) is 24.1 Å². The van der Waals surface area contributed by atoms with Crippen molar-refractivity contribution in [3.63, 3.8) is 0 Å². The molecular weight excluding hydrogens is 514 g/mol. The molecular formula is C30H29N3O7. The van der Waals surface area contributed by atoms with E-state index < -0.39 is 17.6 Å². The quantitative estimate of drug-likeness (QED) is 0.350. The van der Waals surface area contributed by atoms with Gasteiger partial charge < -0.3 is 25.2 Å². The summed E-state index contributed by atoms with van der Waals surface area (Å²) in [5.74, 6) is -1.25. The molecule has 40 heavy (non-hydrogen) atoms. The second-order valence-electron chi connectivity index (χ2n) is 9.70. The Morgan fingerprint density at radius 3 is 1.88 bits per heavy atom. The Balaban J connectivity index is 1.40. The van der Waals surface area contributed by atoms with Crippen molar-refractivity contribution in [2.24, 2.45) is 0 Å². The molecule has 0 aromatic heterocycles. The normalized spacial score (nSPS) is 16.6. The maximum absolute atomic E-state index is 13.6. The van der Waals surface area contributed by atoms with Gasteiger partial charge in [-0.1, -0.05) is 42.0 Å². The highest BCUT2D eigenvalue weighted by Crippen LogP contribution is 2.37. The van der Waals surface area contributed by atoms with Gasteiger partial charge in [0.05, 0.1) is 11.1 Å². The van der Waals surface area contributed by atoms with Gasteiger partial charge in [0.15, 0.2) is 19.0 Å². The van der Waals surface area contributed by atoms with Crippen LogP contribution >= 0.6 is 0 Å². The van der Waals surface area contributed by atoms with Gasteiger partial charge in [0.25, 0.3) is 11.8 Å². The number of carbonyl (C=O) groups is 4. The first kappa shape index (κ1) is 26.9. The lowest BCUT2D eigenvalue weighted by molar-refractivity contribution is -0.123. The van der Waals surface area contributed by atoms with E-state index in [1.54, 1.807) is 30.3 Å². The molecule has 2 bridgehead atoms. The molecule has 0 saturated carbocycles. The predicted octanol–water partition coefficient (Wildman–Crippen LogP) is 1.98. The number of benzene rings is 3. The van der Waals surface area contributed by atoms with Crippen LogP contribution in [0.15, 0.2) is 54.6 Å². The number of rotatable bonds is 2. The second-order valence-corrected chi connectivity index (χ2v) is 9.70. The molecule has 0 saturated heterocycles. The molecule has 3 N–H and O–H groups in total. The van der Waals surface area contributed by atoms with Crippen LogP contribution in [-0.4, -0.2) is 72.8 Å². The predicted molar refractivity (Wildman–Crippen MR) is 145 cm³/mol. The third kappa shape index (κ3) is 5.67. The summed E-state index contributed by atoms with van der Waals surface area (Å²) in [5.41, 5.74) is 2.20. The van der Waals surface area contributed by atoms with Crippen molar-refractivity contribution >= 4 is 23.4 Å². The highest BCUT2D eigenvalue weighted by atomic mass is 16.5. The van der Waals surface area contributed by atoms with Crippen LogP contribution in [-0.2, 0) is 16.1 Å². The molecule has 206 valence electrons. The van der Waals surface area contributed by atoms with Crippen LogP contribution in [0.1, 0.15) is 43.0 Å². The first-order chi connectivity index (χ1) is 19.3. The third-order valence-electron chi connectivity index (χ3n) is 6.84. The van der Waals surface area contributed by atoms with Crippen molar-refractivity contribution in [2.75, 3.05) is 39.4 Å². The summed E-state index contributed by atoms with van der Waals surface area (Å²) in [6, 6.07) is 14.7. The average molecular weight is 544 g/mol. The fraction of sp³-hybridized carbons (Fsp3) is 0.267. The summed E-state index contributed by atoms with van der Waals surface area (Å²) in [6.45, 7) is 3.10. The molecule has 1 aliphatic heterocycles. The molecule has 10 nitrogen and oxygen atoms in total. The van der Waals surface area contributed by atoms with Crippen LogP contribution in [0.3, 0.4) is 0 Å². The minimum absolute atomic E-state index is 0.0542. The smallest absolute Gasteiger partial charge is 0.257 e. The molecule has 2 aliphatic rings. The number of nitrogens with zero attached hydrogens (tertiary/aromatic N) is 1. The molecule has 1 heterocycles. The number of phenolic OH excluding ortho intramolecular Hbond substituents is 1. The molecule has 3 aromatic carbocycles. The zero-order valence-corrected chi connectivity index (χ0v) is 22.0. The number of nitrogens with one attached hydrogen (secondary N) is 2. The zero-order chi connectivity index (χ0) is 28.2. The van der Waals surface area contributed by atoms with Gasteiger partial charge in [0.2, 0.25) is 5.78 Å². The van der Waals surface area contributed by atoms with E-state index in [0.29, 0.717) is 19.6 Å². The van der Waals surface area contributed by atoms with E-state index >= 15 is 0 Å². The Bertz CT molecular complexity index is 1420. The van der Waals surface area contributed by atoms with Crippen molar-refractivity contribution in [2.45, 2.75) is 13.5 Å². The lowest BCUT2D eigenvalue weighted by atomic mass is 9.83. The highest BCUT2D eigenvalue weighted by molar-refractivity contribution is 6.30. The minimum atomic E-state index is -0.479. The van der Waals surface area contributed by atoms with Gasteiger partial charge in [-0.2, -0.15) is 0 Å². The molecule has 0 fully saturated rings. The molecule has 0 spiro atoms. The average Bonchev–Trinajstić information content (AvgIpc) is 2.94. The monoisotopic (exact) mass is 543 g/mol. The Morgan fingerprint density at radius 2 is 1.32 bits per heavy atom. The lowest BCUT2D eigenvalue weighted by Gasteiger charge is -2.24. The SMILES string of the molecule is Cc1ccc(O)c(CN2CCNC(=O)COc3cccc4c3C(=O)c3c(cccc3C4=O)OCC(=O)NCC2)c1. The summed E-state index contributed by atoms with van der Waals surface area (Å²) in [5, 5.41) is 15.9. The molecule has 1 aliphatic carbocycles. The van der Waals surface area contributed by atoms with E-state index in [2.05, 4.69) is 10.6 Å². The number of phenols is 1. The van der Waals surface area contributed by atoms with Crippen molar-refractivity contribution in [1.82, 2.24) is 15.5 Å². The number of hydrogen-bond donors (Lipinski definition) is 3. The van der Waals surface area contributed by atoms with Gasteiger partial charge in [0, 0.05) is 49.4 Å². The number of ether oxygens (including phenoxy) is 2. The molecule has 2 amide bonds. The van der Waals surface area contributed by atoms with Gasteiger partial charge in [-0.25, -0.2) is 0 Å². The largest absolute Gasteiger partial charge is 0.508 e. The van der Waals surface area contributed by atoms with Gasteiger partial charge in [-0.15, -0.1) is 0 Å². The number of hydrogen-bond acceptors (Lipinski definition) is 8. The number of aromatic hydroxyl groups is 1. The fourth-order valence-corrected chi connectivity index (χ4v) is 4.87. The van der Waals surface area contributed by atoms with Gasteiger partial charge in [0.1, 0.15) is 17.2 Å². The summed E-state index contributed by atoms with van der Waals surface area (Å²) in [4.78, 5) is 54.1. The van der Waals surface area contributed by atoms with Crippen molar-refractivity contribution in [3.05, 3.63) is 88.0 Å². The minimum Gasteiger partial charge on any atom is -0.508 e. The maximum Gasteiger partial charge on any atom is 0.257 e. The van der Waals surface area contributed by atoms with Crippen LogP contribution in [0.5, 0.6) is 17.2 Å². The molecule has 0 radical (unpaired) electrons. The first-order valence-electron chi connectivity index (χ1n) is 13.0. The summed E-state index contributed by atoms with van der Waals surface area (Å²) < 4.78 is 11.4. The second kappa shape index (κ2) is 11.6. The van der Waals surface area contributed by atoms with Crippen LogP contribution in [0.2, 0.25) is 0 Å². The Morgan fingerprint density at radius 1 is 0.775 bits per heavy atom. The molecule has 3 aromatic rings. The van der Waals surface area contributed by atoms with Crippen LogP contribution in [0.4, 0.5) is 0 Å². The van der Waals surface area contributed by atoms with Crippen LogP contribution < -0.4 is 20.1 Å². The standard InChI is InChI=1S/C30H29N3O7/c1-18-8-9-22(34)19(14-18)15-33-12-10-31-25(35)16-39-23-6-2-4-20-27(23)30(38)28-21(29(20)37)5-3-7-24(28)40-17-26(36)32-11-13-33/h2-9,14,34H,10-13,15-17H2,1H3,(H,31,35)(H,32,36). The summed E-state index contributed by atoms with van der Waals surface area (Å²) >= 11 is 0. The number of aryl methyl sites for hydroxylation is 1. The molecule has 0 unspecified atom stereocenters. The third-order valence-corrected chi connectivity index (χ3v) is 6.84.